The van der Waals surface area contributed by atoms with Crippen molar-refractivity contribution in [2.75, 3.05) is 26.7 Å². The van der Waals surface area contributed by atoms with E-state index in [-0.39, 0.29) is 11.9 Å². The molecule has 2 fully saturated rings. The van der Waals surface area contributed by atoms with Crippen molar-refractivity contribution in [3.05, 3.63) is 0 Å². The number of nitrogens with one attached hydrogen (secondary N) is 2. The quantitative estimate of drug-likeness (QED) is 0.665. The summed E-state index contributed by atoms with van der Waals surface area (Å²) < 4.78 is 0. The van der Waals surface area contributed by atoms with Crippen LogP contribution in [0.25, 0.3) is 0 Å². The summed E-state index contributed by atoms with van der Waals surface area (Å²) in [5.41, 5.74) is 0. The number of hydrogen-bond donors (Lipinski definition) is 2. The van der Waals surface area contributed by atoms with E-state index in [1.54, 1.807) is 7.05 Å². The molecule has 3 unspecified atom stereocenters. The Hall–Kier alpha value is -0.610. The van der Waals surface area contributed by atoms with Crippen LogP contribution in [-0.4, -0.2) is 49.6 Å². The number of amides is 1. The molecule has 4 heteroatoms. The smallest absolute Gasteiger partial charge is 0.237 e. The van der Waals surface area contributed by atoms with Gasteiger partial charge in [0.15, 0.2) is 0 Å². The third kappa shape index (κ3) is 2.01. The minimum atomic E-state index is 0.113. The number of likely N-dealkylation sites (N-methyl/N-ethyl adjacent to an activating group) is 1. The summed E-state index contributed by atoms with van der Waals surface area (Å²) in [4.78, 5) is 14.1. The molecule has 0 saturated carbocycles. The fraction of sp³-hybridized carbons (Fsp3) is 0.909. The Morgan fingerprint density at radius 3 is 2.87 bits per heavy atom. The van der Waals surface area contributed by atoms with E-state index in [2.05, 4.69) is 22.5 Å². The molecule has 2 aliphatic heterocycles. The highest BCUT2D eigenvalue weighted by atomic mass is 16.2. The Kier molecular flexibility index (Phi) is 3.26. The van der Waals surface area contributed by atoms with E-state index in [1.807, 2.05) is 0 Å². The molecule has 86 valence electrons. The Balaban J connectivity index is 2.04. The number of carbonyl (C=O) groups is 1. The topological polar surface area (TPSA) is 44.4 Å². The maximum Gasteiger partial charge on any atom is 0.237 e. The van der Waals surface area contributed by atoms with Gasteiger partial charge in [-0.1, -0.05) is 6.92 Å². The van der Waals surface area contributed by atoms with Gasteiger partial charge in [0.05, 0.1) is 6.04 Å². The lowest BCUT2D eigenvalue weighted by Crippen LogP contribution is -2.49. The molecule has 2 aliphatic rings. The predicted molar refractivity (Wildman–Crippen MR) is 59.6 cm³/mol. The van der Waals surface area contributed by atoms with Crippen LogP contribution >= 0.6 is 0 Å². The highest BCUT2D eigenvalue weighted by molar-refractivity contribution is 5.81. The molecule has 2 saturated heterocycles. The molecule has 0 aromatic rings. The second kappa shape index (κ2) is 4.49. The van der Waals surface area contributed by atoms with E-state index in [4.69, 9.17) is 0 Å². The van der Waals surface area contributed by atoms with Crippen molar-refractivity contribution in [2.24, 2.45) is 5.92 Å². The van der Waals surface area contributed by atoms with Crippen molar-refractivity contribution in [1.82, 2.24) is 15.5 Å². The highest BCUT2D eigenvalue weighted by Gasteiger charge is 2.38. The highest BCUT2D eigenvalue weighted by Crippen LogP contribution is 2.25. The van der Waals surface area contributed by atoms with Crippen molar-refractivity contribution in [1.29, 1.82) is 0 Å². The third-order valence-corrected chi connectivity index (χ3v) is 3.75. The van der Waals surface area contributed by atoms with Crippen LogP contribution in [0.5, 0.6) is 0 Å². The molecule has 4 nitrogen and oxygen atoms in total. The predicted octanol–water partition coefficient (Wildman–Crippen LogP) is -0.195. The Labute approximate surface area is 91.4 Å². The van der Waals surface area contributed by atoms with Crippen molar-refractivity contribution in [3.63, 3.8) is 0 Å². The molecule has 0 radical (unpaired) electrons. The summed E-state index contributed by atoms with van der Waals surface area (Å²) in [6, 6.07) is 0.664. The van der Waals surface area contributed by atoms with Gasteiger partial charge in [0, 0.05) is 19.6 Å². The Morgan fingerprint density at radius 2 is 2.27 bits per heavy atom. The molecular weight excluding hydrogens is 190 g/mol. The van der Waals surface area contributed by atoms with E-state index >= 15 is 0 Å². The van der Waals surface area contributed by atoms with Gasteiger partial charge in [0.25, 0.3) is 0 Å². The van der Waals surface area contributed by atoms with Crippen LogP contribution in [0, 0.1) is 5.92 Å². The van der Waals surface area contributed by atoms with Gasteiger partial charge in [0.1, 0.15) is 0 Å². The summed E-state index contributed by atoms with van der Waals surface area (Å²) in [6.07, 6.45) is 2.17. The minimum absolute atomic E-state index is 0.113. The normalized spacial score (nSPS) is 37.1. The standard InChI is InChI=1S/C11H21N3O/c1-8-6-13-7-10(8)14-5-3-4-9(14)11(15)12-2/h8-10,13H,3-7H2,1-2H3,(H,12,15). The zero-order valence-corrected chi connectivity index (χ0v) is 9.62. The average molecular weight is 211 g/mol. The molecule has 3 atom stereocenters. The first kappa shape index (κ1) is 10.9. The van der Waals surface area contributed by atoms with E-state index in [0.717, 1.165) is 32.5 Å². The van der Waals surface area contributed by atoms with E-state index < -0.39 is 0 Å². The van der Waals surface area contributed by atoms with Gasteiger partial charge in [0.2, 0.25) is 5.91 Å². The van der Waals surface area contributed by atoms with E-state index in [0.29, 0.717) is 12.0 Å². The van der Waals surface area contributed by atoms with Crippen LogP contribution < -0.4 is 10.6 Å². The zero-order chi connectivity index (χ0) is 10.8. The van der Waals surface area contributed by atoms with Gasteiger partial charge in [-0.15, -0.1) is 0 Å². The molecule has 1 amide bonds. The van der Waals surface area contributed by atoms with Crippen molar-refractivity contribution in [3.8, 4) is 0 Å². The maximum atomic E-state index is 11.7. The molecule has 0 spiro atoms. The van der Waals surface area contributed by atoms with Gasteiger partial charge >= 0.3 is 0 Å². The van der Waals surface area contributed by atoms with Crippen molar-refractivity contribution < 1.29 is 4.79 Å². The SMILES string of the molecule is CNC(=O)C1CCCN1C1CNCC1C. The fourth-order valence-electron chi connectivity index (χ4n) is 2.87. The monoisotopic (exact) mass is 211 g/mol. The van der Waals surface area contributed by atoms with Gasteiger partial charge in [-0.05, 0) is 31.8 Å². The summed E-state index contributed by atoms with van der Waals surface area (Å²) in [7, 11) is 1.73. The number of hydrogen-bond acceptors (Lipinski definition) is 3. The summed E-state index contributed by atoms with van der Waals surface area (Å²) in [5.74, 6) is 0.849. The van der Waals surface area contributed by atoms with E-state index in [9.17, 15) is 4.79 Å². The third-order valence-electron chi connectivity index (χ3n) is 3.75. The maximum absolute atomic E-state index is 11.7. The summed E-state index contributed by atoms with van der Waals surface area (Å²) >= 11 is 0. The van der Waals surface area contributed by atoms with Gasteiger partial charge in [-0.2, -0.15) is 0 Å². The van der Waals surface area contributed by atoms with Crippen LogP contribution in [0.3, 0.4) is 0 Å². The molecular formula is C11H21N3O. The Bertz CT molecular complexity index is 244. The second-order valence-corrected chi connectivity index (χ2v) is 4.71. The first-order chi connectivity index (χ1) is 7.24. The molecule has 15 heavy (non-hydrogen) atoms. The molecule has 0 aliphatic carbocycles. The first-order valence-electron chi connectivity index (χ1n) is 5.92. The molecule has 2 N–H and O–H groups in total. The number of likely N-dealkylation sites (tertiary alicyclic amines) is 1. The summed E-state index contributed by atoms with van der Waals surface area (Å²) in [6.45, 7) is 5.47. The van der Waals surface area contributed by atoms with Crippen LogP contribution in [0.2, 0.25) is 0 Å². The number of nitrogens with zero attached hydrogens (tertiary/aromatic N) is 1. The molecule has 0 aromatic carbocycles. The minimum Gasteiger partial charge on any atom is -0.358 e. The van der Waals surface area contributed by atoms with Crippen LogP contribution in [0.4, 0.5) is 0 Å². The van der Waals surface area contributed by atoms with Crippen molar-refractivity contribution >= 4 is 5.91 Å². The van der Waals surface area contributed by atoms with Gasteiger partial charge in [-0.3, -0.25) is 9.69 Å². The first-order valence-corrected chi connectivity index (χ1v) is 5.92. The van der Waals surface area contributed by atoms with Crippen molar-refractivity contribution in [2.45, 2.75) is 31.8 Å². The molecule has 2 rings (SSSR count). The molecule has 0 bridgehead atoms. The van der Waals surface area contributed by atoms with Crippen LogP contribution in [0.1, 0.15) is 19.8 Å². The lowest BCUT2D eigenvalue weighted by atomic mass is 10.0. The number of carbonyl (C=O) groups excluding carboxylic acids is 1. The zero-order valence-electron chi connectivity index (χ0n) is 9.62. The van der Waals surface area contributed by atoms with Gasteiger partial charge in [-0.25, -0.2) is 0 Å². The molecule has 2 heterocycles. The lowest BCUT2D eigenvalue weighted by molar-refractivity contribution is -0.125. The second-order valence-electron chi connectivity index (χ2n) is 4.71. The summed E-state index contributed by atoms with van der Waals surface area (Å²) in [5, 5.41) is 6.18. The fourth-order valence-corrected chi connectivity index (χ4v) is 2.87. The van der Waals surface area contributed by atoms with Crippen LogP contribution in [-0.2, 0) is 4.79 Å². The van der Waals surface area contributed by atoms with E-state index in [1.165, 1.54) is 0 Å². The molecule has 0 aromatic heterocycles. The van der Waals surface area contributed by atoms with Crippen LogP contribution in [0.15, 0.2) is 0 Å². The number of rotatable bonds is 2. The Morgan fingerprint density at radius 1 is 1.47 bits per heavy atom. The average Bonchev–Trinajstić information content (AvgIpc) is 2.84. The lowest BCUT2D eigenvalue weighted by Gasteiger charge is -2.31. The largest absolute Gasteiger partial charge is 0.358 e. The van der Waals surface area contributed by atoms with Gasteiger partial charge < -0.3 is 10.6 Å².